The minimum Gasteiger partial charge on any atom is -0.550 e. The molecule has 1 N–H and O–H groups in total. The number of carbonyl (C=O) groups excluding carboxylic acids is 2. The highest BCUT2D eigenvalue weighted by Crippen LogP contribution is 2.35. The molecular formula is C15H17F3NO4-. The van der Waals surface area contributed by atoms with E-state index in [1.807, 2.05) is 0 Å². The molecule has 0 spiro atoms. The van der Waals surface area contributed by atoms with Gasteiger partial charge >= 0.3 is 12.3 Å². The highest BCUT2D eigenvalue weighted by Gasteiger charge is 2.35. The second kappa shape index (κ2) is 6.89. The molecule has 23 heavy (non-hydrogen) atoms. The number of hydrogen-bond acceptors (Lipinski definition) is 4. The standard InChI is InChI=1S/C15H18F3NO4/c1-14(2,3)23-13(22)19-11(8-12(20)21)9-6-4-5-7-10(9)15(16,17)18/h4-7,11H,8H2,1-3H3,(H,19,22)(H,20,21)/p-1/t11-/m0/s1. The van der Waals surface area contributed by atoms with Crippen LogP contribution in [0.4, 0.5) is 18.0 Å². The summed E-state index contributed by atoms with van der Waals surface area (Å²) >= 11 is 0. The van der Waals surface area contributed by atoms with E-state index in [0.29, 0.717) is 0 Å². The Morgan fingerprint density at radius 1 is 1.22 bits per heavy atom. The number of rotatable bonds is 4. The number of ether oxygens (including phenoxy) is 1. The van der Waals surface area contributed by atoms with E-state index < -0.39 is 41.9 Å². The molecule has 0 aliphatic carbocycles. The van der Waals surface area contributed by atoms with Crippen molar-refractivity contribution >= 4 is 12.1 Å². The number of amides is 1. The van der Waals surface area contributed by atoms with Crippen LogP contribution in [0.2, 0.25) is 0 Å². The van der Waals surface area contributed by atoms with Crippen molar-refractivity contribution in [3.8, 4) is 0 Å². The van der Waals surface area contributed by atoms with Crippen LogP contribution in [-0.2, 0) is 15.7 Å². The Morgan fingerprint density at radius 3 is 2.26 bits per heavy atom. The SMILES string of the molecule is CC(C)(C)OC(=O)N[C@@H](CC(=O)[O-])c1ccccc1C(F)(F)F. The van der Waals surface area contributed by atoms with Gasteiger partial charge in [0.25, 0.3) is 0 Å². The smallest absolute Gasteiger partial charge is 0.416 e. The van der Waals surface area contributed by atoms with Crippen molar-refractivity contribution in [1.82, 2.24) is 5.32 Å². The minimum absolute atomic E-state index is 0.366. The van der Waals surface area contributed by atoms with E-state index in [2.05, 4.69) is 5.32 Å². The lowest BCUT2D eigenvalue weighted by molar-refractivity contribution is -0.306. The molecule has 1 amide bonds. The van der Waals surface area contributed by atoms with Gasteiger partial charge < -0.3 is 20.0 Å². The predicted molar refractivity (Wildman–Crippen MR) is 73.2 cm³/mol. The van der Waals surface area contributed by atoms with Gasteiger partial charge in [-0.3, -0.25) is 0 Å². The van der Waals surface area contributed by atoms with E-state index in [-0.39, 0.29) is 5.56 Å². The summed E-state index contributed by atoms with van der Waals surface area (Å²) in [6, 6.07) is 2.99. The summed E-state index contributed by atoms with van der Waals surface area (Å²) in [7, 11) is 0. The third-order valence-corrected chi connectivity index (χ3v) is 2.70. The molecule has 0 bridgehead atoms. The summed E-state index contributed by atoms with van der Waals surface area (Å²) in [5.41, 5.74) is -2.27. The third-order valence-electron chi connectivity index (χ3n) is 2.70. The highest BCUT2D eigenvalue weighted by molar-refractivity contribution is 5.71. The van der Waals surface area contributed by atoms with Gasteiger partial charge in [-0.1, -0.05) is 18.2 Å². The Morgan fingerprint density at radius 2 is 1.78 bits per heavy atom. The minimum atomic E-state index is -4.68. The van der Waals surface area contributed by atoms with Crippen molar-refractivity contribution in [3.05, 3.63) is 35.4 Å². The first-order valence-electron chi connectivity index (χ1n) is 6.75. The molecular weight excluding hydrogens is 315 g/mol. The molecule has 0 saturated carbocycles. The van der Waals surface area contributed by atoms with Crippen molar-refractivity contribution in [1.29, 1.82) is 0 Å². The zero-order valence-corrected chi connectivity index (χ0v) is 12.9. The largest absolute Gasteiger partial charge is 0.550 e. The fourth-order valence-corrected chi connectivity index (χ4v) is 1.91. The number of hydrogen-bond donors (Lipinski definition) is 1. The molecule has 0 saturated heterocycles. The van der Waals surface area contributed by atoms with Crippen molar-refractivity contribution in [2.45, 2.75) is 45.0 Å². The maximum Gasteiger partial charge on any atom is 0.416 e. The highest BCUT2D eigenvalue weighted by atomic mass is 19.4. The number of carboxylic acids is 1. The number of benzene rings is 1. The molecule has 8 heteroatoms. The van der Waals surface area contributed by atoms with Gasteiger partial charge in [0.2, 0.25) is 0 Å². The molecule has 0 radical (unpaired) electrons. The summed E-state index contributed by atoms with van der Waals surface area (Å²) in [4.78, 5) is 22.6. The van der Waals surface area contributed by atoms with Gasteiger partial charge in [-0.05, 0) is 32.4 Å². The quantitative estimate of drug-likeness (QED) is 0.918. The number of alkyl halides is 3. The lowest BCUT2D eigenvalue weighted by Crippen LogP contribution is -2.38. The van der Waals surface area contributed by atoms with Gasteiger partial charge in [0.15, 0.2) is 0 Å². The Labute approximate surface area is 131 Å². The van der Waals surface area contributed by atoms with Crippen LogP contribution < -0.4 is 10.4 Å². The third kappa shape index (κ3) is 6.17. The van der Waals surface area contributed by atoms with Gasteiger partial charge in [0.05, 0.1) is 11.6 Å². The molecule has 0 aromatic heterocycles. The number of carboxylic acid groups (broad SMARTS) is 1. The zero-order valence-electron chi connectivity index (χ0n) is 12.9. The van der Waals surface area contributed by atoms with Crippen LogP contribution in [0, 0.1) is 0 Å². The molecule has 1 rings (SSSR count). The fourth-order valence-electron chi connectivity index (χ4n) is 1.91. The molecule has 0 unspecified atom stereocenters. The summed E-state index contributed by atoms with van der Waals surface area (Å²) < 4.78 is 44.1. The van der Waals surface area contributed by atoms with E-state index in [0.717, 1.165) is 12.1 Å². The Bertz CT molecular complexity index is 579. The molecule has 1 atom stereocenters. The number of nitrogens with one attached hydrogen (secondary N) is 1. The maximum absolute atomic E-state index is 13.0. The molecule has 1 aromatic carbocycles. The van der Waals surface area contributed by atoms with Crippen LogP contribution in [0.3, 0.4) is 0 Å². The first-order valence-corrected chi connectivity index (χ1v) is 6.75. The van der Waals surface area contributed by atoms with Gasteiger partial charge in [-0.2, -0.15) is 13.2 Å². The van der Waals surface area contributed by atoms with E-state index in [4.69, 9.17) is 4.74 Å². The van der Waals surface area contributed by atoms with E-state index >= 15 is 0 Å². The Kier molecular flexibility index (Phi) is 5.63. The van der Waals surface area contributed by atoms with E-state index in [1.54, 1.807) is 20.8 Å². The Hall–Kier alpha value is -2.25. The normalized spacial score (nSPS) is 13.3. The van der Waals surface area contributed by atoms with Gasteiger partial charge in [-0.15, -0.1) is 0 Å². The lowest BCUT2D eigenvalue weighted by atomic mass is 9.97. The molecule has 1 aromatic rings. The van der Waals surface area contributed by atoms with Crippen LogP contribution in [-0.4, -0.2) is 17.7 Å². The second-order valence-corrected chi connectivity index (χ2v) is 5.86. The number of carbonyl (C=O) groups is 2. The molecule has 0 aliphatic rings. The van der Waals surface area contributed by atoms with Crippen LogP contribution in [0.5, 0.6) is 0 Å². The van der Waals surface area contributed by atoms with Crippen molar-refractivity contribution < 1.29 is 32.6 Å². The van der Waals surface area contributed by atoms with Crippen molar-refractivity contribution in [3.63, 3.8) is 0 Å². The van der Waals surface area contributed by atoms with E-state index in [1.165, 1.54) is 12.1 Å². The fraction of sp³-hybridized carbons (Fsp3) is 0.467. The summed E-state index contributed by atoms with van der Waals surface area (Å²) in [5.74, 6) is -1.59. The molecule has 5 nitrogen and oxygen atoms in total. The summed E-state index contributed by atoms with van der Waals surface area (Å²) in [6.07, 6.45) is -6.51. The average molecular weight is 332 g/mol. The zero-order chi connectivity index (χ0) is 17.8. The van der Waals surface area contributed by atoms with Gasteiger partial charge in [-0.25, -0.2) is 4.79 Å². The second-order valence-electron chi connectivity index (χ2n) is 5.86. The Balaban J connectivity index is 3.13. The molecule has 0 fully saturated rings. The van der Waals surface area contributed by atoms with Gasteiger partial charge in [0.1, 0.15) is 5.60 Å². The first kappa shape index (κ1) is 18.8. The predicted octanol–water partition coefficient (Wildman–Crippen LogP) is 2.41. The molecule has 128 valence electrons. The summed E-state index contributed by atoms with van der Waals surface area (Å²) in [6.45, 7) is 4.72. The van der Waals surface area contributed by atoms with Crippen molar-refractivity contribution in [2.24, 2.45) is 0 Å². The topological polar surface area (TPSA) is 78.5 Å². The van der Waals surface area contributed by atoms with Crippen LogP contribution >= 0.6 is 0 Å². The molecule has 0 heterocycles. The number of alkyl carbamates (subject to hydrolysis) is 1. The summed E-state index contributed by atoms with van der Waals surface area (Å²) in [5, 5.41) is 13.0. The maximum atomic E-state index is 13.0. The van der Waals surface area contributed by atoms with Gasteiger partial charge in [0, 0.05) is 12.4 Å². The van der Waals surface area contributed by atoms with Crippen LogP contribution in [0.1, 0.15) is 44.4 Å². The van der Waals surface area contributed by atoms with E-state index in [9.17, 15) is 27.9 Å². The lowest BCUT2D eigenvalue weighted by Gasteiger charge is -2.26. The van der Waals surface area contributed by atoms with Crippen LogP contribution in [0.15, 0.2) is 24.3 Å². The molecule has 0 aliphatic heterocycles. The number of halogens is 3. The monoisotopic (exact) mass is 332 g/mol. The number of aliphatic carboxylic acids is 1. The average Bonchev–Trinajstić information content (AvgIpc) is 2.34. The first-order chi connectivity index (χ1) is 10.4. The van der Waals surface area contributed by atoms with Crippen LogP contribution in [0.25, 0.3) is 0 Å². The van der Waals surface area contributed by atoms with Crippen molar-refractivity contribution in [2.75, 3.05) is 0 Å².